The standard InChI is InChI=1S/C17H22N4O3S/c1-13(14-6-4-3-5-7-14)17(22)18-11-15-10-16-12-20(25(2,23)24)8-9-21(16)19-15/h3-7,10,13H,8-9,11-12H2,1-2H3,(H,18,22)/t13-/m0/s1. The molecule has 0 saturated carbocycles. The minimum absolute atomic E-state index is 0.0602. The molecule has 1 aliphatic heterocycles. The van der Waals surface area contributed by atoms with Crippen molar-refractivity contribution in [1.29, 1.82) is 0 Å². The van der Waals surface area contributed by atoms with Gasteiger partial charge in [0.05, 0.1) is 43.2 Å². The second-order valence-electron chi connectivity index (χ2n) is 6.30. The lowest BCUT2D eigenvalue weighted by atomic mass is 10.0. The molecular weight excluding hydrogens is 340 g/mol. The molecule has 0 unspecified atom stereocenters. The van der Waals surface area contributed by atoms with Gasteiger partial charge < -0.3 is 5.32 Å². The molecule has 0 spiro atoms. The molecule has 1 atom stereocenters. The van der Waals surface area contributed by atoms with Crippen LogP contribution in [0.2, 0.25) is 0 Å². The Labute approximate surface area is 147 Å². The first-order valence-corrected chi connectivity index (χ1v) is 10.0. The number of amides is 1. The third-order valence-electron chi connectivity index (χ3n) is 4.42. The van der Waals surface area contributed by atoms with Gasteiger partial charge in [0.15, 0.2) is 0 Å². The monoisotopic (exact) mass is 362 g/mol. The third kappa shape index (κ3) is 4.08. The summed E-state index contributed by atoms with van der Waals surface area (Å²) in [4.78, 5) is 12.3. The molecule has 0 fully saturated rings. The number of nitrogens with zero attached hydrogens (tertiary/aromatic N) is 3. The number of carbonyl (C=O) groups is 1. The summed E-state index contributed by atoms with van der Waals surface area (Å²) in [7, 11) is -3.20. The maximum absolute atomic E-state index is 12.3. The fourth-order valence-corrected chi connectivity index (χ4v) is 3.68. The first-order chi connectivity index (χ1) is 11.8. The van der Waals surface area contributed by atoms with Gasteiger partial charge in [-0.25, -0.2) is 8.42 Å². The Bertz CT molecular complexity index is 861. The van der Waals surface area contributed by atoms with E-state index in [0.717, 1.165) is 17.0 Å². The SMILES string of the molecule is C[C@H](C(=O)NCc1cc2n(n1)CCN(S(C)(=O)=O)C2)c1ccccc1. The number of hydrogen-bond donors (Lipinski definition) is 1. The Morgan fingerprint density at radius 2 is 2.00 bits per heavy atom. The summed E-state index contributed by atoms with van der Waals surface area (Å²) in [5, 5.41) is 7.35. The number of sulfonamides is 1. The van der Waals surface area contributed by atoms with Gasteiger partial charge in [-0.1, -0.05) is 30.3 Å². The molecule has 1 aliphatic rings. The van der Waals surface area contributed by atoms with Crippen LogP contribution in [-0.2, 0) is 34.5 Å². The zero-order valence-electron chi connectivity index (χ0n) is 14.3. The van der Waals surface area contributed by atoms with E-state index < -0.39 is 10.0 Å². The van der Waals surface area contributed by atoms with Crippen LogP contribution in [0.5, 0.6) is 0 Å². The molecule has 8 heteroatoms. The zero-order valence-corrected chi connectivity index (χ0v) is 15.2. The van der Waals surface area contributed by atoms with Crippen molar-refractivity contribution in [1.82, 2.24) is 19.4 Å². The minimum Gasteiger partial charge on any atom is -0.350 e. The minimum atomic E-state index is -3.20. The predicted molar refractivity (Wildman–Crippen MR) is 94.2 cm³/mol. The van der Waals surface area contributed by atoms with E-state index >= 15 is 0 Å². The highest BCUT2D eigenvalue weighted by atomic mass is 32.2. The van der Waals surface area contributed by atoms with Crippen molar-refractivity contribution in [2.45, 2.75) is 32.5 Å². The molecule has 0 aliphatic carbocycles. The number of rotatable bonds is 5. The average Bonchev–Trinajstić information content (AvgIpc) is 3.01. The van der Waals surface area contributed by atoms with Crippen LogP contribution in [0.4, 0.5) is 0 Å². The lowest BCUT2D eigenvalue weighted by Crippen LogP contribution is -2.37. The van der Waals surface area contributed by atoms with Crippen molar-refractivity contribution in [3.8, 4) is 0 Å². The second-order valence-corrected chi connectivity index (χ2v) is 8.28. The van der Waals surface area contributed by atoms with E-state index in [1.54, 1.807) is 0 Å². The summed E-state index contributed by atoms with van der Waals surface area (Å²) in [5.41, 5.74) is 2.55. The Morgan fingerprint density at radius 3 is 2.68 bits per heavy atom. The number of nitrogens with one attached hydrogen (secondary N) is 1. The quantitative estimate of drug-likeness (QED) is 0.863. The largest absolute Gasteiger partial charge is 0.350 e. The first-order valence-electron chi connectivity index (χ1n) is 8.18. The van der Waals surface area contributed by atoms with Crippen molar-refractivity contribution < 1.29 is 13.2 Å². The Kier molecular flexibility index (Phi) is 4.91. The van der Waals surface area contributed by atoms with Crippen molar-refractivity contribution in [2.24, 2.45) is 0 Å². The summed E-state index contributed by atoms with van der Waals surface area (Å²) >= 11 is 0. The second kappa shape index (κ2) is 6.97. The lowest BCUT2D eigenvalue weighted by Gasteiger charge is -2.25. The lowest BCUT2D eigenvalue weighted by molar-refractivity contribution is -0.122. The highest BCUT2D eigenvalue weighted by molar-refractivity contribution is 7.88. The van der Waals surface area contributed by atoms with E-state index in [-0.39, 0.29) is 11.8 Å². The molecule has 1 aromatic heterocycles. The number of fused-ring (bicyclic) bond motifs is 1. The van der Waals surface area contributed by atoms with E-state index in [9.17, 15) is 13.2 Å². The number of hydrogen-bond acceptors (Lipinski definition) is 4. The van der Waals surface area contributed by atoms with Gasteiger partial charge in [-0.3, -0.25) is 9.48 Å². The zero-order chi connectivity index (χ0) is 18.0. The Morgan fingerprint density at radius 1 is 1.28 bits per heavy atom. The highest BCUT2D eigenvalue weighted by Crippen LogP contribution is 2.17. The molecule has 0 bridgehead atoms. The first kappa shape index (κ1) is 17.6. The molecular formula is C17H22N4O3S. The maximum atomic E-state index is 12.3. The van der Waals surface area contributed by atoms with Crippen molar-refractivity contribution in [3.63, 3.8) is 0 Å². The van der Waals surface area contributed by atoms with Gasteiger partial charge in [0, 0.05) is 6.54 Å². The molecule has 1 N–H and O–H groups in total. The topological polar surface area (TPSA) is 84.3 Å². The predicted octanol–water partition coefficient (Wildman–Crippen LogP) is 1.08. The van der Waals surface area contributed by atoms with Crippen LogP contribution in [0, 0.1) is 0 Å². The van der Waals surface area contributed by atoms with Crippen molar-refractivity contribution >= 4 is 15.9 Å². The van der Waals surface area contributed by atoms with Crippen molar-refractivity contribution in [2.75, 3.05) is 12.8 Å². The van der Waals surface area contributed by atoms with Crippen molar-refractivity contribution in [3.05, 3.63) is 53.3 Å². The number of aromatic nitrogens is 2. The molecule has 1 aromatic carbocycles. The summed E-state index contributed by atoms with van der Waals surface area (Å²) in [6.07, 6.45) is 1.21. The molecule has 2 aromatic rings. The van der Waals surface area contributed by atoms with Gasteiger partial charge in [0.1, 0.15) is 0 Å². The summed E-state index contributed by atoms with van der Waals surface area (Å²) in [6.45, 7) is 3.46. The van der Waals surface area contributed by atoms with E-state index in [0.29, 0.717) is 26.2 Å². The molecule has 134 valence electrons. The normalized spacial score (nSPS) is 16.2. The third-order valence-corrected chi connectivity index (χ3v) is 5.67. The van der Waals surface area contributed by atoms with Crippen LogP contribution in [0.25, 0.3) is 0 Å². The van der Waals surface area contributed by atoms with E-state index in [1.165, 1.54) is 10.6 Å². The molecule has 1 amide bonds. The highest BCUT2D eigenvalue weighted by Gasteiger charge is 2.24. The molecule has 0 radical (unpaired) electrons. The van der Waals surface area contributed by atoms with E-state index in [4.69, 9.17) is 0 Å². The van der Waals surface area contributed by atoms with Crippen LogP contribution >= 0.6 is 0 Å². The number of benzene rings is 1. The number of carbonyl (C=O) groups excluding carboxylic acids is 1. The van der Waals surface area contributed by atoms with Crippen LogP contribution in [0.3, 0.4) is 0 Å². The van der Waals surface area contributed by atoms with Crippen LogP contribution < -0.4 is 5.32 Å². The fraction of sp³-hybridized carbons (Fsp3) is 0.412. The summed E-state index contributed by atoms with van der Waals surface area (Å²) in [6, 6.07) is 11.5. The smallest absolute Gasteiger partial charge is 0.227 e. The van der Waals surface area contributed by atoms with Crippen LogP contribution in [0.1, 0.15) is 29.8 Å². The molecule has 3 rings (SSSR count). The maximum Gasteiger partial charge on any atom is 0.227 e. The Balaban J connectivity index is 1.62. The molecule has 7 nitrogen and oxygen atoms in total. The van der Waals surface area contributed by atoms with E-state index in [1.807, 2.05) is 48.0 Å². The molecule has 2 heterocycles. The summed E-state index contributed by atoms with van der Waals surface area (Å²) < 4.78 is 26.6. The summed E-state index contributed by atoms with van der Waals surface area (Å²) in [5.74, 6) is -0.297. The van der Waals surface area contributed by atoms with E-state index in [2.05, 4.69) is 10.4 Å². The fourth-order valence-electron chi connectivity index (χ4n) is 2.90. The average molecular weight is 362 g/mol. The molecule has 25 heavy (non-hydrogen) atoms. The van der Waals surface area contributed by atoms with Gasteiger partial charge in [-0.15, -0.1) is 0 Å². The van der Waals surface area contributed by atoms with Gasteiger partial charge >= 0.3 is 0 Å². The van der Waals surface area contributed by atoms with Gasteiger partial charge in [-0.05, 0) is 18.6 Å². The van der Waals surface area contributed by atoms with Crippen LogP contribution in [-0.4, -0.2) is 41.2 Å². The van der Waals surface area contributed by atoms with Gasteiger partial charge in [0.25, 0.3) is 0 Å². The van der Waals surface area contributed by atoms with Gasteiger partial charge in [0.2, 0.25) is 15.9 Å². The van der Waals surface area contributed by atoms with Gasteiger partial charge in [-0.2, -0.15) is 9.40 Å². The van der Waals surface area contributed by atoms with Crippen LogP contribution in [0.15, 0.2) is 36.4 Å². The Hall–Kier alpha value is -2.19. The molecule has 0 saturated heterocycles.